The first-order chi connectivity index (χ1) is 13.0. The second kappa shape index (κ2) is 7.52. The van der Waals surface area contributed by atoms with Crippen LogP contribution >= 0.6 is 0 Å². The molecule has 27 heavy (non-hydrogen) atoms. The Labute approximate surface area is 153 Å². The molecule has 4 N–H and O–H groups in total. The van der Waals surface area contributed by atoms with E-state index in [9.17, 15) is 14.7 Å². The summed E-state index contributed by atoms with van der Waals surface area (Å²) >= 11 is 0. The number of rotatable bonds is 6. The van der Waals surface area contributed by atoms with Crippen molar-refractivity contribution in [2.45, 2.75) is 6.54 Å². The predicted molar refractivity (Wildman–Crippen MR) is 95.7 cm³/mol. The van der Waals surface area contributed by atoms with Crippen LogP contribution < -0.4 is 15.8 Å². The Morgan fingerprint density at radius 2 is 2.04 bits per heavy atom. The number of methoxy groups -OCH3 is 1. The Balaban J connectivity index is 1.75. The van der Waals surface area contributed by atoms with Crippen molar-refractivity contribution < 1.29 is 19.4 Å². The van der Waals surface area contributed by atoms with Crippen molar-refractivity contribution in [1.82, 2.24) is 19.7 Å². The molecule has 138 valence electrons. The maximum atomic E-state index is 12.2. The molecule has 3 aromatic rings. The summed E-state index contributed by atoms with van der Waals surface area (Å²) in [6.07, 6.45) is 5.83. The van der Waals surface area contributed by atoms with Gasteiger partial charge in [-0.25, -0.2) is 14.8 Å². The Kier molecular flexibility index (Phi) is 4.97. The van der Waals surface area contributed by atoms with Gasteiger partial charge in [0.2, 0.25) is 0 Å². The van der Waals surface area contributed by atoms with E-state index < -0.39 is 11.9 Å². The molecule has 0 bridgehead atoms. The average molecular weight is 368 g/mol. The number of hydrogen-bond donors (Lipinski definition) is 3. The number of nitrogens with two attached hydrogens (primary N) is 1. The average Bonchev–Trinajstić information content (AvgIpc) is 3.08. The summed E-state index contributed by atoms with van der Waals surface area (Å²) in [5.74, 6) is -1.09. The largest absolute Gasteiger partial charge is 0.497 e. The minimum atomic E-state index is -1.05. The summed E-state index contributed by atoms with van der Waals surface area (Å²) in [7, 11) is 1.46. The van der Waals surface area contributed by atoms with Gasteiger partial charge in [-0.3, -0.25) is 9.48 Å². The highest BCUT2D eigenvalue weighted by molar-refractivity contribution is 6.05. The van der Waals surface area contributed by atoms with Gasteiger partial charge in [0.1, 0.15) is 5.75 Å². The number of carboxylic acid groups (broad SMARTS) is 1. The highest BCUT2D eigenvalue weighted by Gasteiger charge is 2.13. The van der Waals surface area contributed by atoms with Gasteiger partial charge in [-0.05, 0) is 23.8 Å². The lowest BCUT2D eigenvalue weighted by atomic mass is 10.1. The maximum absolute atomic E-state index is 12.2. The summed E-state index contributed by atoms with van der Waals surface area (Å²) in [6, 6.07) is 4.68. The minimum absolute atomic E-state index is 0.0177. The molecule has 1 amide bonds. The predicted octanol–water partition coefficient (Wildman–Crippen LogP) is 1.26. The molecule has 0 saturated carbocycles. The van der Waals surface area contributed by atoms with E-state index in [4.69, 9.17) is 10.5 Å². The first kappa shape index (κ1) is 17.9. The standard InChI is InChI=1S/C17H16N6O4/c1-27-13-5-10(4-11(6-13)17(25)26)8-23-9-12(7-21-23)22-16(24)14-15(18)20-3-2-19-14/h2-7,9H,8H2,1H3,(H2,18,20)(H,22,24)(H,25,26). The molecule has 0 fully saturated rings. The van der Waals surface area contributed by atoms with Crippen molar-refractivity contribution in [3.05, 3.63) is 59.8 Å². The van der Waals surface area contributed by atoms with Crippen LogP contribution in [0.2, 0.25) is 0 Å². The molecule has 3 rings (SSSR count). The molecule has 0 aliphatic carbocycles. The molecule has 0 saturated heterocycles. The number of carbonyl (C=O) groups excluding carboxylic acids is 1. The van der Waals surface area contributed by atoms with Crippen molar-refractivity contribution in [3.8, 4) is 5.75 Å². The molecule has 10 nitrogen and oxygen atoms in total. The molecule has 1 aromatic carbocycles. The molecule has 2 heterocycles. The third kappa shape index (κ3) is 4.18. The van der Waals surface area contributed by atoms with Crippen LogP contribution in [0.3, 0.4) is 0 Å². The number of hydrogen-bond acceptors (Lipinski definition) is 7. The number of carboxylic acids is 1. The number of nitrogens with one attached hydrogen (secondary N) is 1. The Morgan fingerprint density at radius 1 is 1.26 bits per heavy atom. The van der Waals surface area contributed by atoms with Gasteiger partial charge in [-0.15, -0.1) is 0 Å². The Bertz CT molecular complexity index is 1000. The Hall–Kier alpha value is -3.95. The third-order valence-electron chi connectivity index (χ3n) is 3.63. The zero-order valence-electron chi connectivity index (χ0n) is 14.3. The van der Waals surface area contributed by atoms with Crippen molar-refractivity contribution in [1.29, 1.82) is 0 Å². The van der Waals surface area contributed by atoms with Gasteiger partial charge in [-0.2, -0.15) is 5.10 Å². The minimum Gasteiger partial charge on any atom is -0.497 e. The van der Waals surface area contributed by atoms with E-state index >= 15 is 0 Å². The fourth-order valence-electron chi connectivity index (χ4n) is 2.41. The lowest BCUT2D eigenvalue weighted by molar-refractivity contribution is 0.0696. The molecule has 0 atom stereocenters. The van der Waals surface area contributed by atoms with Crippen molar-refractivity contribution >= 4 is 23.4 Å². The summed E-state index contributed by atoms with van der Waals surface area (Å²) in [4.78, 5) is 31.1. The van der Waals surface area contributed by atoms with Crippen molar-refractivity contribution in [3.63, 3.8) is 0 Å². The molecular weight excluding hydrogens is 352 g/mol. The van der Waals surface area contributed by atoms with Gasteiger partial charge in [-0.1, -0.05) is 0 Å². The Morgan fingerprint density at radius 3 is 2.74 bits per heavy atom. The van der Waals surface area contributed by atoms with Crippen LogP contribution in [0.4, 0.5) is 11.5 Å². The topological polar surface area (TPSA) is 145 Å². The van der Waals surface area contributed by atoms with Crippen LogP contribution in [0.5, 0.6) is 5.75 Å². The normalized spacial score (nSPS) is 10.4. The molecule has 0 unspecified atom stereocenters. The van der Waals surface area contributed by atoms with E-state index in [-0.39, 0.29) is 17.1 Å². The molecule has 0 radical (unpaired) electrons. The number of aromatic nitrogens is 4. The van der Waals surface area contributed by atoms with E-state index in [1.807, 2.05) is 0 Å². The molecule has 0 spiro atoms. The van der Waals surface area contributed by atoms with Crippen LogP contribution in [0.15, 0.2) is 43.0 Å². The number of benzene rings is 1. The van der Waals surface area contributed by atoms with E-state index in [2.05, 4.69) is 20.4 Å². The summed E-state index contributed by atoms with van der Waals surface area (Å²) < 4.78 is 6.68. The monoisotopic (exact) mass is 368 g/mol. The SMILES string of the molecule is COc1cc(Cn2cc(NC(=O)c3nccnc3N)cn2)cc(C(=O)O)c1. The third-order valence-corrected chi connectivity index (χ3v) is 3.63. The van der Waals surface area contributed by atoms with Crippen LogP contribution in [-0.2, 0) is 6.54 Å². The van der Waals surface area contributed by atoms with E-state index in [0.29, 0.717) is 23.5 Å². The molecule has 0 aliphatic heterocycles. The van der Waals surface area contributed by atoms with Crippen molar-refractivity contribution in [2.24, 2.45) is 0 Å². The lowest BCUT2D eigenvalue weighted by Gasteiger charge is -2.07. The number of ether oxygens (including phenoxy) is 1. The van der Waals surface area contributed by atoms with Crippen LogP contribution in [0.25, 0.3) is 0 Å². The van der Waals surface area contributed by atoms with Crippen LogP contribution in [0, 0.1) is 0 Å². The number of amides is 1. The van der Waals surface area contributed by atoms with Crippen LogP contribution in [-0.4, -0.2) is 43.8 Å². The summed E-state index contributed by atoms with van der Waals surface area (Å²) in [6.45, 7) is 0.292. The van der Waals surface area contributed by atoms with Gasteiger partial charge in [0, 0.05) is 18.6 Å². The van der Waals surface area contributed by atoms with E-state index in [0.717, 1.165) is 0 Å². The quantitative estimate of drug-likeness (QED) is 0.589. The second-order valence-electron chi connectivity index (χ2n) is 5.55. The fourth-order valence-corrected chi connectivity index (χ4v) is 2.41. The first-order valence-electron chi connectivity index (χ1n) is 7.78. The van der Waals surface area contributed by atoms with Gasteiger partial charge < -0.3 is 20.9 Å². The zero-order valence-corrected chi connectivity index (χ0v) is 14.3. The lowest BCUT2D eigenvalue weighted by Crippen LogP contribution is -2.16. The van der Waals surface area contributed by atoms with Crippen molar-refractivity contribution in [2.75, 3.05) is 18.2 Å². The van der Waals surface area contributed by atoms with E-state index in [1.54, 1.807) is 16.9 Å². The number of carbonyl (C=O) groups is 2. The smallest absolute Gasteiger partial charge is 0.335 e. The number of nitrogens with zero attached hydrogens (tertiary/aromatic N) is 4. The number of aromatic carboxylic acids is 1. The van der Waals surface area contributed by atoms with Crippen LogP contribution in [0.1, 0.15) is 26.4 Å². The van der Waals surface area contributed by atoms with E-state index in [1.165, 1.54) is 37.8 Å². The maximum Gasteiger partial charge on any atom is 0.335 e. The zero-order chi connectivity index (χ0) is 19.4. The summed E-state index contributed by atoms with van der Waals surface area (Å²) in [5, 5.41) is 16.0. The summed E-state index contributed by atoms with van der Waals surface area (Å²) in [5.41, 5.74) is 6.89. The highest BCUT2D eigenvalue weighted by atomic mass is 16.5. The molecule has 10 heteroatoms. The molecule has 0 aliphatic rings. The van der Waals surface area contributed by atoms with Gasteiger partial charge in [0.05, 0.1) is 31.1 Å². The van der Waals surface area contributed by atoms with Gasteiger partial charge >= 0.3 is 5.97 Å². The highest BCUT2D eigenvalue weighted by Crippen LogP contribution is 2.19. The molecule has 2 aromatic heterocycles. The first-order valence-corrected chi connectivity index (χ1v) is 7.78. The molecular formula is C17H16N6O4. The number of anilines is 2. The number of nitrogen functional groups attached to an aromatic ring is 1. The second-order valence-corrected chi connectivity index (χ2v) is 5.55. The fraction of sp³-hybridized carbons (Fsp3) is 0.118. The van der Waals surface area contributed by atoms with Gasteiger partial charge in [0.15, 0.2) is 11.5 Å². The van der Waals surface area contributed by atoms with Gasteiger partial charge in [0.25, 0.3) is 5.91 Å².